The molecule has 0 aliphatic heterocycles. The van der Waals surface area contributed by atoms with E-state index in [0.717, 1.165) is 25.7 Å². The van der Waals surface area contributed by atoms with Gasteiger partial charge in [0.15, 0.2) is 0 Å². The topological polar surface area (TPSA) is 34.1 Å². The highest BCUT2D eigenvalue weighted by Crippen LogP contribution is 2.51. The second-order valence-corrected chi connectivity index (χ2v) is 6.30. The van der Waals surface area contributed by atoms with Gasteiger partial charge in [-0.05, 0) is 30.1 Å². The van der Waals surface area contributed by atoms with Gasteiger partial charge >= 0.3 is 0 Å². The standard InChI is InChI=1S/C13H20O2/c1-12(2)6-11(15)8-13(9-12)5-3-4-10(14)7-13/h3-9H2,1-2H3/t13-/m0/s1. The first kappa shape index (κ1) is 10.8. The molecule has 2 saturated carbocycles. The number of carbonyl (C=O) groups excluding carboxylic acids is 2. The Kier molecular flexibility index (Phi) is 2.48. The summed E-state index contributed by atoms with van der Waals surface area (Å²) in [6.07, 6.45) is 5.86. The van der Waals surface area contributed by atoms with E-state index in [1.54, 1.807) is 0 Å². The van der Waals surface area contributed by atoms with Crippen LogP contribution in [0.25, 0.3) is 0 Å². The smallest absolute Gasteiger partial charge is 0.134 e. The maximum absolute atomic E-state index is 11.7. The van der Waals surface area contributed by atoms with E-state index < -0.39 is 0 Å². The number of ketones is 2. The van der Waals surface area contributed by atoms with Crippen LogP contribution in [0.5, 0.6) is 0 Å². The predicted molar refractivity (Wildman–Crippen MR) is 58.5 cm³/mol. The largest absolute Gasteiger partial charge is 0.300 e. The van der Waals surface area contributed by atoms with Crippen molar-refractivity contribution in [2.24, 2.45) is 10.8 Å². The quantitative estimate of drug-likeness (QED) is 0.613. The molecule has 2 heteroatoms. The second-order valence-electron chi connectivity index (χ2n) is 6.30. The van der Waals surface area contributed by atoms with Crippen LogP contribution in [0.2, 0.25) is 0 Å². The van der Waals surface area contributed by atoms with Crippen LogP contribution in [-0.2, 0) is 9.59 Å². The molecular weight excluding hydrogens is 188 g/mol. The summed E-state index contributed by atoms with van der Waals surface area (Å²) in [5.74, 6) is 0.729. The molecule has 0 amide bonds. The fraction of sp³-hybridized carbons (Fsp3) is 0.846. The van der Waals surface area contributed by atoms with E-state index in [0.29, 0.717) is 30.8 Å². The monoisotopic (exact) mass is 208 g/mol. The van der Waals surface area contributed by atoms with Gasteiger partial charge < -0.3 is 0 Å². The SMILES string of the molecule is CC1(C)CC(=O)C[C@@]2(CCCC(=O)C2)C1. The lowest BCUT2D eigenvalue weighted by Crippen LogP contribution is -2.41. The molecule has 0 aromatic heterocycles. The predicted octanol–water partition coefficient (Wildman–Crippen LogP) is 2.90. The van der Waals surface area contributed by atoms with Crippen LogP contribution in [0.15, 0.2) is 0 Å². The number of hydrogen-bond acceptors (Lipinski definition) is 2. The Labute approximate surface area is 91.4 Å². The third-order valence-corrected chi connectivity index (χ3v) is 3.84. The Balaban J connectivity index is 2.19. The van der Waals surface area contributed by atoms with E-state index in [1.807, 2.05) is 0 Å². The van der Waals surface area contributed by atoms with Crippen molar-refractivity contribution in [1.82, 2.24) is 0 Å². The van der Waals surface area contributed by atoms with Crippen molar-refractivity contribution in [1.29, 1.82) is 0 Å². The molecule has 0 N–H and O–H groups in total. The molecule has 2 rings (SSSR count). The van der Waals surface area contributed by atoms with Gasteiger partial charge in [-0.25, -0.2) is 0 Å². The maximum Gasteiger partial charge on any atom is 0.134 e. The zero-order chi connectivity index (χ0) is 11.1. The molecular formula is C13H20O2. The van der Waals surface area contributed by atoms with Gasteiger partial charge in [0.2, 0.25) is 0 Å². The first-order valence-electron chi connectivity index (χ1n) is 5.94. The lowest BCUT2D eigenvalue weighted by atomic mass is 9.58. The van der Waals surface area contributed by atoms with Crippen molar-refractivity contribution in [3.8, 4) is 0 Å². The average Bonchev–Trinajstić information content (AvgIpc) is 1.97. The molecule has 0 saturated heterocycles. The molecule has 0 aromatic carbocycles. The number of Topliss-reactive ketones (excluding diaryl/α,β-unsaturated/α-hetero) is 2. The third kappa shape index (κ3) is 2.30. The van der Waals surface area contributed by atoms with E-state index >= 15 is 0 Å². The molecule has 2 nitrogen and oxygen atoms in total. The van der Waals surface area contributed by atoms with Crippen LogP contribution < -0.4 is 0 Å². The molecule has 2 fully saturated rings. The number of rotatable bonds is 0. The van der Waals surface area contributed by atoms with E-state index in [9.17, 15) is 9.59 Å². The highest BCUT2D eigenvalue weighted by molar-refractivity contribution is 5.84. The minimum Gasteiger partial charge on any atom is -0.300 e. The first-order chi connectivity index (χ1) is 6.91. The molecule has 0 bridgehead atoms. The summed E-state index contributed by atoms with van der Waals surface area (Å²) in [7, 11) is 0. The van der Waals surface area contributed by atoms with Crippen molar-refractivity contribution in [3.63, 3.8) is 0 Å². The van der Waals surface area contributed by atoms with Crippen LogP contribution in [0, 0.1) is 10.8 Å². The molecule has 1 atom stereocenters. The van der Waals surface area contributed by atoms with Gasteiger partial charge in [-0.2, -0.15) is 0 Å². The third-order valence-electron chi connectivity index (χ3n) is 3.84. The molecule has 1 spiro atoms. The van der Waals surface area contributed by atoms with E-state index in [-0.39, 0.29) is 10.8 Å². The average molecular weight is 208 g/mol. The molecule has 0 aromatic rings. The van der Waals surface area contributed by atoms with Crippen LogP contribution in [0.4, 0.5) is 0 Å². The molecule has 84 valence electrons. The summed E-state index contributed by atoms with van der Waals surface area (Å²) in [4.78, 5) is 23.3. The van der Waals surface area contributed by atoms with Gasteiger partial charge in [0, 0.05) is 25.7 Å². The Morgan fingerprint density at radius 1 is 1.00 bits per heavy atom. The Bertz CT molecular complexity index is 300. The lowest BCUT2D eigenvalue weighted by Gasteiger charge is -2.45. The van der Waals surface area contributed by atoms with Crippen molar-refractivity contribution < 1.29 is 9.59 Å². The molecule has 0 radical (unpaired) electrons. The first-order valence-corrected chi connectivity index (χ1v) is 5.94. The summed E-state index contributed by atoms with van der Waals surface area (Å²) in [5.41, 5.74) is 0.140. The van der Waals surface area contributed by atoms with Gasteiger partial charge in [-0.3, -0.25) is 9.59 Å². The van der Waals surface area contributed by atoms with Crippen molar-refractivity contribution >= 4 is 11.6 Å². The number of carbonyl (C=O) groups is 2. The fourth-order valence-corrected chi connectivity index (χ4v) is 3.71. The molecule has 2 aliphatic rings. The summed E-state index contributed by atoms with van der Waals surface area (Å²) in [6, 6.07) is 0. The molecule has 15 heavy (non-hydrogen) atoms. The molecule has 0 unspecified atom stereocenters. The zero-order valence-electron chi connectivity index (χ0n) is 9.77. The van der Waals surface area contributed by atoms with Crippen LogP contribution in [0.1, 0.15) is 58.8 Å². The molecule has 0 heterocycles. The fourth-order valence-electron chi connectivity index (χ4n) is 3.71. The Morgan fingerprint density at radius 2 is 1.67 bits per heavy atom. The highest BCUT2D eigenvalue weighted by atomic mass is 16.1. The maximum atomic E-state index is 11.7. The van der Waals surface area contributed by atoms with Crippen molar-refractivity contribution in [2.75, 3.05) is 0 Å². The summed E-state index contributed by atoms with van der Waals surface area (Å²) < 4.78 is 0. The number of hydrogen-bond donors (Lipinski definition) is 0. The van der Waals surface area contributed by atoms with Crippen molar-refractivity contribution in [2.45, 2.75) is 58.8 Å². The van der Waals surface area contributed by atoms with E-state index in [2.05, 4.69) is 13.8 Å². The minimum absolute atomic E-state index is 0.0359. The summed E-state index contributed by atoms with van der Waals surface area (Å²) >= 11 is 0. The highest BCUT2D eigenvalue weighted by Gasteiger charge is 2.45. The van der Waals surface area contributed by atoms with Gasteiger partial charge in [0.25, 0.3) is 0 Å². The van der Waals surface area contributed by atoms with E-state index in [1.165, 1.54) is 0 Å². The van der Waals surface area contributed by atoms with Crippen LogP contribution in [-0.4, -0.2) is 11.6 Å². The molecule has 2 aliphatic carbocycles. The van der Waals surface area contributed by atoms with Gasteiger partial charge in [0.05, 0.1) is 0 Å². The van der Waals surface area contributed by atoms with Gasteiger partial charge in [-0.15, -0.1) is 0 Å². The lowest BCUT2D eigenvalue weighted by molar-refractivity contribution is -0.133. The summed E-state index contributed by atoms with van der Waals surface area (Å²) in [6.45, 7) is 4.32. The van der Waals surface area contributed by atoms with Crippen LogP contribution in [0.3, 0.4) is 0 Å². The van der Waals surface area contributed by atoms with Gasteiger partial charge in [0.1, 0.15) is 11.6 Å². The van der Waals surface area contributed by atoms with Gasteiger partial charge in [-0.1, -0.05) is 13.8 Å². The summed E-state index contributed by atoms with van der Waals surface area (Å²) in [5, 5.41) is 0. The van der Waals surface area contributed by atoms with E-state index in [4.69, 9.17) is 0 Å². The normalized spacial score (nSPS) is 35.9. The van der Waals surface area contributed by atoms with Crippen LogP contribution >= 0.6 is 0 Å². The Morgan fingerprint density at radius 3 is 2.27 bits per heavy atom. The Hall–Kier alpha value is -0.660. The zero-order valence-corrected chi connectivity index (χ0v) is 9.77. The minimum atomic E-state index is 0.0359. The van der Waals surface area contributed by atoms with Crippen molar-refractivity contribution in [3.05, 3.63) is 0 Å². The second kappa shape index (κ2) is 3.43.